The molecule has 0 radical (unpaired) electrons. The summed E-state index contributed by atoms with van der Waals surface area (Å²) in [5.74, 6) is 0.941. The van der Waals surface area contributed by atoms with Gasteiger partial charge in [-0.25, -0.2) is 0 Å². The number of nitrogens with zero attached hydrogens (tertiary/aromatic N) is 1. The van der Waals surface area contributed by atoms with Crippen molar-refractivity contribution < 1.29 is 34.0 Å². The van der Waals surface area contributed by atoms with Gasteiger partial charge >= 0.3 is 0 Å². The number of aliphatic hydroxyl groups excluding tert-OH is 2. The Bertz CT molecular complexity index is 1250. The number of fused-ring (bicyclic) bond motifs is 4. The summed E-state index contributed by atoms with van der Waals surface area (Å²) in [4.78, 5) is 28.8. The van der Waals surface area contributed by atoms with E-state index in [0.717, 1.165) is 43.2 Å². The number of nitrogens with one attached hydrogen (secondary N) is 1. The molecule has 2 aromatic carbocycles. The maximum absolute atomic E-state index is 13.8. The average Bonchev–Trinajstić information content (AvgIpc) is 3.60. The van der Waals surface area contributed by atoms with E-state index in [9.17, 15) is 19.8 Å². The number of ether oxygens (including phenoxy) is 3. The summed E-state index contributed by atoms with van der Waals surface area (Å²) in [5.41, 5.74) is 2.07. The lowest BCUT2D eigenvalue weighted by Crippen LogP contribution is -2.55. The Hall–Kier alpha value is -3.56. The Kier molecular flexibility index (Phi) is 8.91. The fourth-order valence-corrected chi connectivity index (χ4v) is 5.81. The zero-order chi connectivity index (χ0) is 28.1. The first-order valence-corrected chi connectivity index (χ1v) is 14.2. The van der Waals surface area contributed by atoms with Gasteiger partial charge in [0.1, 0.15) is 18.0 Å². The van der Waals surface area contributed by atoms with Crippen molar-refractivity contribution in [3.05, 3.63) is 65.2 Å². The lowest BCUT2D eigenvalue weighted by atomic mass is 9.77. The van der Waals surface area contributed by atoms with E-state index < -0.39 is 24.2 Å². The molecule has 1 aliphatic carbocycles. The number of hydrogen-bond acceptors (Lipinski definition) is 7. The summed E-state index contributed by atoms with van der Waals surface area (Å²) >= 11 is 0. The minimum absolute atomic E-state index is 0.0981. The second-order valence-electron chi connectivity index (χ2n) is 10.6. The van der Waals surface area contributed by atoms with Crippen LogP contribution in [0.3, 0.4) is 0 Å². The highest BCUT2D eigenvalue weighted by atomic mass is 16.7. The highest BCUT2D eigenvalue weighted by molar-refractivity contribution is 5.96. The molecule has 3 aliphatic rings. The fraction of sp³-hybridized carbons (Fsp3) is 0.484. The molecule has 5 rings (SSSR count). The van der Waals surface area contributed by atoms with Gasteiger partial charge in [-0.1, -0.05) is 56.9 Å². The van der Waals surface area contributed by atoms with E-state index >= 15 is 0 Å². The summed E-state index contributed by atoms with van der Waals surface area (Å²) in [6.07, 6.45) is 5.28. The van der Waals surface area contributed by atoms with Gasteiger partial charge in [0.05, 0.1) is 18.6 Å². The SMILES string of the molecule is CCCCCCCC(=O)N(Cc1ccc2c(c1)OCO2)[C@@H]1C=C(C(=O)NCCO)[C@@H]2c3ccccc3O[C@@H]2[C@H]1O. The molecule has 2 aromatic rings. The lowest BCUT2D eigenvalue weighted by Gasteiger charge is -2.41. The number of amides is 2. The molecule has 2 heterocycles. The zero-order valence-electron chi connectivity index (χ0n) is 22.9. The summed E-state index contributed by atoms with van der Waals surface area (Å²) < 4.78 is 17.2. The van der Waals surface area contributed by atoms with Gasteiger partial charge in [-0.3, -0.25) is 9.59 Å². The maximum atomic E-state index is 13.8. The summed E-state index contributed by atoms with van der Waals surface area (Å²) in [7, 11) is 0. The first-order valence-electron chi connectivity index (χ1n) is 14.2. The van der Waals surface area contributed by atoms with Crippen LogP contribution in [0.25, 0.3) is 0 Å². The highest BCUT2D eigenvalue weighted by Crippen LogP contribution is 2.47. The van der Waals surface area contributed by atoms with Gasteiger partial charge in [-0.05, 0) is 36.3 Å². The maximum Gasteiger partial charge on any atom is 0.247 e. The van der Waals surface area contributed by atoms with E-state index in [4.69, 9.17) is 14.2 Å². The van der Waals surface area contributed by atoms with Gasteiger partial charge in [-0.2, -0.15) is 0 Å². The zero-order valence-corrected chi connectivity index (χ0v) is 22.9. The largest absolute Gasteiger partial charge is 0.486 e. The number of aliphatic hydroxyl groups is 2. The average molecular weight is 551 g/mol. The molecule has 9 heteroatoms. The molecule has 3 N–H and O–H groups in total. The van der Waals surface area contributed by atoms with Gasteiger partial charge < -0.3 is 34.6 Å². The van der Waals surface area contributed by atoms with Crippen LogP contribution in [0, 0.1) is 0 Å². The predicted octanol–water partition coefficient (Wildman–Crippen LogP) is 3.43. The summed E-state index contributed by atoms with van der Waals surface area (Å²) in [5, 5.41) is 23.8. The van der Waals surface area contributed by atoms with Gasteiger partial charge in [0, 0.05) is 30.6 Å². The molecule has 4 atom stereocenters. The fourth-order valence-electron chi connectivity index (χ4n) is 5.81. The Balaban J connectivity index is 1.47. The molecular formula is C31H38N2O7. The van der Waals surface area contributed by atoms with Crippen LogP contribution >= 0.6 is 0 Å². The second kappa shape index (κ2) is 12.7. The van der Waals surface area contributed by atoms with E-state index in [1.807, 2.05) is 42.5 Å². The molecule has 0 saturated heterocycles. The van der Waals surface area contributed by atoms with Gasteiger partial charge in [0.2, 0.25) is 18.6 Å². The van der Waals surface area contributed by atoms with Crippen molar-refractivity contribution in [3.8, 4) is 17.2 Å². The molecule has 40 heavy (non-hydrogen) atoms. The van der Waals surface area contributed by atoms with Crippen molar-refractivity contribution in [2.75, 3.05) is 19.9 Å². The van der Waals surface area contributed by atoms with Crippen LogP contribution in [0.4, 0.5) is 0 Å². The Morgan fingerprint density at radius 3 is 2.65 bits per heavy atom. The normalized spacial score (nSPS) is 22.1. The molecule has 214 valence electrons. The number of para-hydroxylation sites is 1. The number of rotatable bonds is 12. The smallest absolute Gasteiger partial charge is 0.247 e. The molecule has 0 aromatic heterocycles. The minimum atomic E-state index is -1.06. The van der Waals surface area contributed by atoms with Crippen LogP contribution in [-0.4, -0.2) is 65.1 Å². The molecule has 9 nitrogen and oxygen atoms in total. The highest BCUT2D eigenvalue weighted by Gasteiger charge is 2.50. The van der Waals surface area contributed by atoms with Crippen LogP contribution in [0.2, 0.25) is 0 Å². The van der Waals surface area contributed by atoms with Crippen molar-refractivity contribution in [2.45, 2.75) is 76.2 Å². The number of unbranched alkanes of at least 4 members (excludes halogenated alkanes) is 4. The molecule has 0 fully saturated rings. The third kappa shape index (κ3) is 5.81. The van der Waals surface area contributed by atoms with Crippen molar-refractivity contribution >= 4 is 11.8 Å². The van der Waals surface area contributed by atoms with E-state index in [1.54, 1.807) is 11.0 Å². The van der Waals surface area contributed by atoms with Crippen molar-refractivity contribution in [1.29, 1.82) is 0 Å². The molecule has 0 spiro atoms. The van der Waals surface area contributed by atoms with Gasteiger partial charge in [-0.15, -0.1) is 0 Å². The second-order valence-corrected chi connectivity index (χ2v) is 10.6. The first kappa shape index (κ1) is 28.0. The van der Waals surface area contributed by atoms with Crippen molar-refractivity contribution in [2.24, 2.45) is 0 Å². The number of hydrogen-bond donors (Lipinski definition) is 3. The number of benzene rings is 2. The van der Waals surface area contributed by atoms with Crippen LogP contribution < -0.4 is 19.5 Å². The van der Waals surface area contributed by atoms with Gasteiger partial charge in [0.15, 0.2) is 11.5 Å². The Morgan fingerprint density at radius 1 is 1.02 bits per heavy atom. The number of carbonyl (C=O) groups excluding carboxylic acids is 2. The van der Waals surface area contributed by atoms with Crippen LogP contribution in [0.5, 0.6) is 17.2 Å². The molecule has 0 saturated carbocycles. The monoisotopic (exact) mass is 550 g/mol. The minimum Gasteiger partial charge on any atom is -0.486 e. The number of carbonyl (C=O) groups is 2. The predicted molar refractivity (Wildman–Crippen MR) is 148 cm³/mol. The summed E-state index contributed by atoms with van der Waals surface area (Å²) in [6, 6.07) is 12.2. The first-order chi connectivity index (χ1) is 19.5. The molecule has 2 amide bonds. The van der Waals surface area contributed by atoms with Crippen LogP contribution in [0.1, 0.15) is 62.5 Å². The molecule has 2 aliphatic heterocycles. The quantitative estimate of drug-likeness (QED) is 0.347. The van der Waals surface area contributed by atoms with E-state index in [1.165, 1.54) is 0 Å². The molecule has 0 bridgehead atoms. The standard InChI is InChI=1S/C31H38N2O7/c1-2-3-4-5-6-11-27(35)33(18-20-12-13-25-26(16-20)39-19-38-25)23-17-22(31(37)32-14-15-34)28-21-9-7-8-10-24(21)40-30(28)29(23)36/h7-10,12-13,16-17,23,28-30,34,36H,2-6,11,14-15,18-19H2,1H3,(H,32,37)/t23-,28+,29+,30+/m1/s1. The van der Waals surface area contributed by atoms with Crippen molar-refractivity contribution in [3.63, 3.8) is 0 Å². The van der Waals surface area contributed by atoms with Crippen LogP contribution in [-0.2, 0) is 16.1 Å². The van der Waals surface area contributed by atoms with E-state index in [-0.39, 0.29) is 38.3 Å². The molecular weight excluding hydrogens is 512 g/mol. The Labute approximate surface area is 234 Å². The van der Waals surface area contributed by atoms with E-state index in [2.05, 4.69) is 12.2 Å². The van der Waals surface area contributed by atoms with Crippen molar-refractivity contribution in [1.82, 2.24) is 10.2 Å². The van der Waals surface area contributed by atoms with Gasteiger partial charge in [0.25, 0.3) is 0 Å². The third-order valence-corrected chi connectivity index (χ3v) is 7.84. The Morgan fingerprint density at radius 2 is 1.82 bits per heavy atom. The molecule has 0 unspecified atom stereocenters. The lowest BCUT2D eigenvalue weighted by molar-refractivity contribution is -0.138. The van der Waals surface area contributed by atoms with E-state index in [0.29, 0.717) is 29.2 Å². The summed E-state index contributed by atoms with van der Waals surface area (Å²) in [6.45, 7) is 2.43. The third-order valence-electron chi connectivity index (χ3n) is 7.84. The van der Waals surface area contributed by atoms with Crippen LogP contribution in [0.15, 0.2) is 54.1 Å². The topological polar surface area (TPSA) is 118 Å².